The molecule has 0 bridgehead atoms. The second kappa shape index (κ2) is 15.0. The Kier molecular flexibility index (Phi) is 9.67. The number of hydrogen-bond acceptors (Lipinski definition) is 9. The molecule has 1 unspecified atom stereocenters. The van der Waals surface area contributed by atoms with E-state index in [1.54, 1.807) is 9.42 Å². The first-order valence-corrected chi connectivity index (χ1v) is 21.4. The van der Waals surface area contributed by atoms with Crippen molar-refractivity contribution in [3.05, 3.63) is 103 Å². The number of ether oxygens (including phenoxy) is 1. The average Bonchev–Trinajstić information content (AvgIpc) is 4.12. The molecule has 2 aliphatic heterocycles. The molecule has 3 N–H and O–H groups in total. The third-order valence-corrected chi connectivity index (χ3v) is 13.4. The van der Waals surface area contributed by atoms with Gasteiger partial charge in [0.05, 0.1) is 23.0 Å². The van der Waals surface area contributed by atoms with Gasteiger partial charge in [-0.1, -0.05) is 85.7 Å². The fraction of sp³-hybridized carbons (Fsp3) is 0.372. The van der Waals surface area contributed by atoms with Gasteiger partial charge < -0.3 is 20.3 Å². The average molecular weight is 788 g/mol. The predicted octanol–water partition coefficient (Wildman–Crippen LogP) is 5.38. The minimum absolute atomic E-state index is 0.0910. The third kappa shape index (κ3) is 7.45. The lowest BCUT2D eigenvalue weighted by atomic mass is 10.0. The fourth-order valence-corrected chi connectivity index (χ4v) is 9.56. The van der Waals surface area contributed by atoms with Gasteiger partial charge in [0.1, 0.15) is 23.7 Å². The molecular formula is C43H45N7O6S. The molecule has 9 rings (SSSR count). The van der Waals surface area contributed by atoms with E-state index in [1.165, 1.54) is 0 Å². The second-order valence-corrected chi connectivity index (χ2v) is 17.6. The first kappa shape index (κ1) is 36.9. The van der Waals surface area contributed by atoms with Gasteiger partial charge in [-0.15, -0.1) is 0 Å². The predicted molar refractivity (Wildman–Crippen MR) is 216 cm³/mol. The van der Waals surface area contributed by atoms with Crippen LogP contribution in [0.2, 0.25) is 0 Å². The highest BCUT2D eigenvalue weighted by Gasteiger charge is 2.62. The first-order chi connectivity index (χ1) is 27.7. The highest BCUT2D eigenvalue weighted by Crippen LogP contribution is 2.46. The van der Waals surface area contributed by atoms with E-state index < -0.39 is 50.8 Å². The summed E-state index contributed by atoms with van der Waals surface area (Å²) in [5.74, 6) is -1.51. The number of nitrogens with zero attached hydrogens (tertiary/aromatic N) is 4. The first-order valence-electron chi connectivity index (χ1n) is 19.9. The van der Waals surface area contributed by atoms with Crippen molar-refractivity contribution >= 4 is 50.0 Å². The maximum Gasteiger partial charge on any atom is 0.259 e. The summed E-state index contributed by atoms with van der Waals surface area (Å²) in [6, 6.07) is 27.2. The van der Waals surface area contributed by atoms with Crippen molar-refractivity contribution < 1.29 is 27.5 Å². The van der Waals surface area contributed by atoms with Crippen LogP contribution < -0.4 is 20.1 Å². The number of rotatable bonds is 8. The number of amides is 3. The Bertz CT molecular complexity index is 2470. The zero-order valence-corrected chi connectivity index (χ0v) is 32.2. The highest BCUT2D eigenvalue weighted by molar-refractivity contribution is 7.91. The fourth-order valence-electron chi connectivity index (χ4n) is 8.20. The minimum atomic E-state index is -3.87. The van der Waals surface area contributed by atoms with E-state index in [1.807, 2.05) is 103 Å². The molecule has 3 fully saturated rings. The summed E-state index contributed by atoms with van der Waals surface area (Å²) in [6.45, 7) is 0.0910. The van der Waals surface area contributed by atoms with E-state index in [9.17, 15) is 22.8 Å². The Morgan fingerprint density at radius 1 is 0.912 bits per heavy atom. The highest BCUT2D eigenvalue weighted by atomic mass is 32.2. The van der Waals surface area contributed by atoms with Crippen LogP contribution in [0.5, 0.6) is 5.88 Å². The number of sulfonamides is 1. The van der Waals surface area contributed by atoms with Crippen molar-refractivity contribution in [2.45, 2.75) is 86.8 Å². The van der Waals surface area contributed by atoms with E-state index in [2.05, 4.69) is 15.4 Å². The quantitative estimate of drug-likeness (QED) is 0.175. The van der Waals surface area contributed by atoms with E-state index >= 15 is 0 Å². The van der Waals surface area contributed by atoms with Crippen LogP contribution in [0.25, 0.3) is 27.8 Å². The van der Waals surface area contributed by atoms with E-state index in [0.717, 1.165) is 47.8 Å². The standard InChI is InChI=1S/C43H45N7O6S/c51-40-37-24-31(56-38-25-36(28-14-6-4-7-15-28)45-39-33-19-12-13-20-34(33)47-50(38)39)27-49(37)41(52)35(44-30-17-9-5-10-18-30)21-11-3-1-2-8-16-29-26-43(29,46-40)42(53)48-57(54,55)32-22-23-32/h4-10,12-20,25,29,31-32,35,37,44H,1-3,11,21-24,26-27H2,(H,46,51)(H,48,53)/b16-8-/t29-,31-,35?,37+,43-/m1/s1. The molecule has 13 nitrogen and oxygen atoms in total. The van der Waals surface area contributed by atoms with Crippen molar-refractivity contribution in [3.63, 3.8) is 0 Å². The van der Waals surface area contributed by atoms with E-state index in [4.69, 9.17) is 14.8 Å². The lowest BCUT2D eigenvalue weighted by molar-refractivity contribution is -0.140. The maximum absolute atomic E-state index is 14.8. The van der Waals surface area contributed by atoms with Gasteiger partial charge in [-0.25, -0.2) is 13.4 Å². The molecule has 4 aliphatic rings. The van der Waals surface area contributed by atoms with Crippen molar-refractivity contribution in [2.75, 3.05) is 11.9 Å². The van der Waals surface area contributed by atoms with Gasteiger partial charge >= 0.3 is 0 Å². The van der Waals surface area contributed by atoms with E-state index in [0.29, 0.717) is 36.5 Å². The van der Waals surface area contributed by atoms with Gasteiger partial charge in [0, 0.05) is 35.0 Å². The zero-order valence-electron chi connectivity index (χ0n) is 31.4. The topological polar surface area (TPSA) is 164 Å². The Morgan fingerprint density at radius 2 is 1.67 bits per heavy atom. The molecule has 4 heterocycles. The lowest BCUT2D eigenvalue weighted by Gasteiger charge is -2.30. The molecule has 2 saturated carbocycles. The molecule has 3 amide bonds. The number of allylic oxidation sites excluding steroid dienone is 1. The van der Waals surface area contributed by atoms with Crippen LogP contribution in [-0.2, 0) is 24.4 Å². The van der Waals surface area contributed by atoms with Crippen LogP contribution in [0.3, 0.4) is 0 Å². The van der Waals surface area contributed by atoms with Gasteiger partial charge in [0.15, 0.2) is 5.65 Å². The molecular weight excluding hydrogens is 743 g/mol. The maximum atomic E-state index is 14.8. The molecule has 5 aromatic rings. The van der Waals surface area contributed by atoms with Crippen molar-refractivity contribution in [2.24, 2.45) is 5.92 Å². The second-order valence-electron chi connectivity index (χ2n) is 15.7. The van der Waals surface area contributed by atoms with Gasteiger partial charge in [-0.05, 0) is 62.8 Å². The summed E-state index contributed by atoms with van der Waals surface area (Å²) in [6.07, 6.45) is 8.52. The molecule has 294 valence electrons. The summed E-state index contributed by atoms with van der Waals surface area (Å²) < 4.78 is 36.6. The van der Waals surface area contributed by atoms with Crippen LogP contribution >= 0.6 is 0 Å². The Morgan fingerprint density at radius 3 is 2.46 bits per heavy atom. The molecule has 1 saturated heterocycles. The van der Waals surface area contributed by atoms with Crippen LogP contribution in [0, 0.1) is 5.92 Å². The zero-order chi connectivity index (χ0) is 39.1. The molecule has 14 heteroatoms. The molecule has 0 spiro atoms. The number of hydrogen-bond donors (Lipinski definition) is 3. The number of anilines is 1. The minimum Gasteiger partial charge on any atom is -0.472 e. The van der Waals surface area contributed by atoms with Gasteiger partial charge in [-0.3, -0.25) is 19.1 Å². The van der Waals surface area contributed by atoms with Crippen molar-refractivity contribution in [1.82, 2.24) is 29.5 Å². The summed E-state index contributed by atoms with van der Waals surface area (Å²) >= 11 is 0. The number of carbonyl (C=O) groups is 3. The lowest BCUT2D eigenvalue weighted by Crippen LogP contribution is -2.57. The Labute approximate surface area is 330 Å². The van der Waals surface area contributed by atoms with Crippen LogP contribution in [0.1, 0.15) is 57.8 Å². The Balaban J connectivity index is 1.07. The number of aromatic nitrogens is 3. The third-order valence-electron chi connectivity index (χ3n) is 11.6. The number of nitrogens with one attached hydrogen (secondary N) is 3. The van der Waals surface area contributed by atoms with Gasteiger partial charge in [0.25, 0.3) is 5.91 Å². The van der Waals surface area contributed by atoms with Crippen LogP contribution in [0.15, 0.2) is 103 Å². The molecule has 2 aromatic heterocycles. The van der Waals surface area contributed by atoms with E-state index in [-0.39, 0.29) is 31.2 Å². The molecule has 0 radical (unpaired) electrons. The summed E-state index contributed by atoms with van der Waals surface area (Å²) in [4.78, 5) is 49.8. The summed E-state index contributed by atoms with van der Waals surface area (Å²) in [5, 5.41) is 11.5. The summed E-state index contributed by atoms with van der Waals surface area (Å²) in [5.41, 5.74) is 2.25. The normalized spacial score (nSPS) is 26.1. The number of fused-ring (bicyclic) bond motifs is 5. The number of carbonyl (C=O) groups excluding carboxylic acids is 3. The van der Waals surface area contributed by atoms with Crippen molar-refractivity contribution in [3.8, 4) is 17.1 Å². The van der Waals surface area contributed by atoms with Gasteiger partial charge in [0.2, 0.25) is 27.7 Å². The monoisotopic (exact) mass is 787 g/mol. The smallest absolute Gasteiger partial charge is 0.259 e. The molecule has 2 aliphatic carbocycles. The summed E-state index contributed by atoms with van der Waals surface area (Å²) in [7, 11) is -3.87. The number of para-hydroxylation sites is 1. The molecule has 57 heavy (non-hydrogen) atoms. The Hall–Kier alpha value is -5.76. The molecule has 5 atom stereocenters. The van der Waals surface area contributed by atoms with Crippen LogP contribution in [0.4, 0.5) is 5.69 Å². The largest absolute Gasteiger partial charge is 0.472 e. The van der Waals surface area contributed by atoms with Crippen LogP contribution in [-0.4, -0.2) is 81.2 Å². The SMILES string of the molecule is O=C1N[C@]2(C(=O)NS(=O)(=O)C3CC3)C[C@H]2/C=C\CCCCCC(Nc2ccccc2)C(=O)N2C[C@H](Oc3cc(-c4ccccc4)nc4c5ccccc5nn34)C[C@@H]12. The molecule has 3 aromatic carbocycles. The van der Waals surface area contributed by atoms with Gasteiger partial charge in [-0.2, -0.15) is 9.61 Å². The van der Waals surface area contributed by atoms with Crippen molar-refractivity contribution in [1.29, 1.82) is 0 Å². The number of benzene rings is 3.